The first-order valence-corrected chi connectivity index (χ1v) is 9.74. The van der Waals surface area contributed by atoms with Crippen molar-refractivity contribution in [3.05, 3.63) is 53.6 Å². The lowest BCUT2D eigenvalue weighted by molar-refractivity contribution is -0.00590. The third-order valence-corrected chi connectivity index (χ3v) is 6.65. The zero-order valence-corrected chi connectivity index (χ0v) is 15.3. The van der Waals surface area contributed by atoms with Crippen molar-refractivity contribution in [2.75, 3.05) is 11.9 Å². The van der Waals surface area contributed by atoms with E-state index in [9.17, 15) is 13.0 Å². The van der Waals surface area contributed by atoms with Gasteiger partial charge in [0.25, 0.3) is 10.1 Å². The van der Waals surface area contributed by atoms with E-state index in [1.165, 1.54) is 17.7 Å². The average Bonchev–Trinajstić information content (AvgIpc) is 2.73. The molecule has 132 valence electrons. The van der Waals surface area contributed by atoms with Gasteiger partial charge in [0.2, 0.25) is 0 Å². The van der Waals surface area contributed by atoms with Crippen LogP contribution < -0.4 is 9.64 Å². The maximum absolute atomic E-state index is 11.4. The number of anilines is 1. The van der Waals surface area contributed by atoms with E-state index in [4.69, 9.17) is 4.74 Å². The van der Waals surface area contributed by atoms with Gasteiger partial charge in [0, 0.05) is 19.2 Å². The molecule has 0 radical (unpaired) electrons. The second kappa shape index (κ2) is 4.99. The summed E-state index contributed by atoms with van der Waals surface area (Å²) in [6.45, 7) is 4.37. The number of benzene rings is 2. The zero-order valence-electron chi connectivity index (χ0n) is 14.5. The predicted molar refractivity (Wildman–Crippen MR) is 95.8 cm³/mol. The Labute approximate surface area is 148 Å². The molecule has 0 fully saturated rings. The fourth-order valence-corrected chi connectivity index (χ4v) is 4.87. The number of hydrogen-bond acceptors (Lipinski definition) is 4. The highest BCUT2D eigenvalue weighted by Crippen LogP contribution is 2.55. The van der Waals surface area contributed by atoms with Crippen molar-refractivity contribution in [3.8, 4) is 5.75 Å². The molecule has 0 saturated heterocycles. The van der Waals surface area contributed by atoms with Crippen LogP contribution in [0.15, 0.2) is 47.4 Å². The van der Waals surface area contributed by atoms with E-state index in [1.807, 2.05) is 19.2 Å². The molecule has 0 saturated carbocycles. The highest BCUT2D eigenvalue weighted by Gasteiger charge is 2.58. The van der Waals surface area contributed by atoms with E-state index in [1.54, 1.807) is 6.07 Å². The van der Waals surface area contributed by atoms with Crippen molar-refractivity contribution >= 4 is 15.8 Å². The molecule has 1 spiro atoms. The smallest absolute Gasteiger partial charge is 0.294 e. The normalized spacial score (nSPS) is 23.9. The van der Waals surface area contributed by atoms with Crippen LogP contribution >= 0.6 is 0 Å². The minimum atomic E-state index is -4.21. The SMILES string of the molecule is CN1c2ccccc2C(C)(C)C12CCc1cc(S(=O)(=O)O)ccc1O2. The van der Waals surface area contributed by atoms with Gasteiger partial charge in [0.05, 0.1) is 10.3 Å². The van der Waals surface area contributed by atoms with Crippen LogP contribution in [0.25, 0.3) is 0 Å². The Bertz CT molecular complexity index is 967. The topological polar surface area (TPSA) is 66.8 Å². The van der Waals surface area contributed by atoms with Crippen molar-refractivity contribution in [1.29, 1.82) is 0 Å². The Morgan fingerprint density at radius 3 is 2.56 bits per heavy atom. The molecule has 4 rings (SSSR count). The number of rotatable bonds is 1. The third-order valence-electron chi connectivity index (χ3n) is 5.80. The molecule has 1 atom stereocenters. The van der Waals surface area contributed by atoms with Crippen molar-refractivity contribution in [3.63, 3.8) is 0 Å². The number of fused-ring (bicyclic) bond motifs is 2. The van der Waals surface area contributed by atoms with Crippen LogP contribution in [0.1, 0.15) is 31.4 Å². The summed E-state index contributed by atoms with van der Waals surface area (Å²) in [6.07, 6.45) is 1.41. The largest absolute Gasteiger partial charge is 0.467 e. The van der Waals surface area contributed by atoms with Crippen LogP contribution in [0.3, 0.4) is 0 Å². The number of aryl methyl sites for hydroxylation is 1. The molecule has 5 nitrogen and oxygen atoms in total. The molecule has 0 aromatic heterocycles. The number of likely N-dealkylation sites (N-methyl/N-ethyl adjacent to an activating group) is 1. The molecule has 0 bridgehead atoms. The second-order valence-electron chi connectivity index (χ2n) is 7.33. The lowest BCUT2D eigenvalue weighted by Gasteiger charge is -2.48. The predicted octanol–water partition coefficient (Wildman–Crippen LogP) is 3.38. The van der Waals surface area contributed by atoms with Gasteiger partial charge in [-0.1, -0.05) is 18.2 Å². The molecule has 6 heteroatoms. The van der Waals surface area contributed by atoms with Gasteiger partial charge in [0.15, 0.2) is 5.72 Å². The van der Waals surface area contributed by atoms with Crippen molar-refractivity contribution in [1.82, 2.24) is 0 Å². The molecule has 1 unspecified atom stereocenters. The minimum absolute atomic E-state index is 0.0897. The van der Waals surface area contributed by atoms with E-state index < -0.39 is 15.8 Å². The van der Waals surface area contributed by atoms with Gasteiger partial charge in [-0.25, -0.2) is 0 Å². The Hall–Kier alpha value is -2.05. The molecule has 0 amide bonds. The summed E-state index contributed by atoms with van der Waals surface area (Å²) in [6, 6.07) is 12.9. The van der Waals surface area contributed by atoms with Gasteiger partial charge in [-0.2, -0.15) is 8.42 Å². The summed E-state index contributed by atoms with van der Waals surface area (Å²) in [5.41, 5.74) is 2.46. The van der Waals surface area contributed by atoms with Gasteiger partial charge in [-0.15, -0.1) is 0 Å². The maximum atomic E-state index is 11.4. The fourth-order valence-electron chi connectivity index (χ4n) is 4.34. The minimum Gasteiger partial charge on any atom is -0.467 e. The molecular weight excluding hydrogens is 338 g/mol. The van der Waals surface area contributed by atoms with Crippen LogP contribution in [0.5, 0.6) is 5.75 Å². The Kier molecular flexibility index (Phi) is 3.28. The summed E-state index contributed by atoms with van der Waals surface area (Å²) in [7, 11) is -2.16. The summed E-state index contributed by atoms with van der Waals surface area (Å²) in [5, 5.41) is 0. The fraction of sp³-hybridized carbons (Fsp3) is 0.368. The molecule has 2 heterocycles. The highest BCUT2D eigenvalue weighted by molar-refractivity contribution is 7.85. The molecule has 2 aliphatic rings. The molecule has 25 heavy (non-hydrogen) atoms. The number of hydrogen-bond donors (Lipinski definition) is 1. The van der Waals surface area contributed by atoms with Gasteiger partial charge in [-0.05, 0) is 55.7 Å². The van der Waals surface area contributed by atoms with Crippen LogP contribution in [0, 0.1) is 0 Å². The van der Waals surface area contributed by atoms with Crippen molar-refractivity contribution in [2.45, 2.75) is 42.7 Å². The van der Waals surface area contributed by atoms with Gasteiger partial charge in [0.1, 0.15) is 5.75 Å². The first kappa shape index (κ1) is 16.4. The lowest BCUT2D eigenvalue weighted by Crippen LogP contribution is -2.60. The van der Waals surface area contributed by atoms with E-state index in [0.29, 0.717) is 12.2 Å². The van der Waals surface area contributed by atoms with Crippen LogP contribution in [0.2, 0.25) is 0 Å². The first-order chi connectivity index (χ1) is 11.7. The molecule has 2 aromatic rings. The quantitative estimate of drug-likeness (QED) is 0.791. The van der Waals surface area contributed by atoms with Gasteiger partial charge in [-0.3, -0.25) is 4.55 Å². The van der Waals surface area contributed by atoms with Crippen LogP contribution in [0.4, 0.5) is 5.69 Å². The average molecular weight is 359 g/mol. The van der Waals surface area contributed by atoms with E-state index >= 15 is 0 Å². The number of ether oxygens (including phenoxy) is 1. The summed E-state index contributed by atoms with van der Waals surface area (Å²) >= 11 is 0. The van der Waals surface area contributed by atoms with Crippen molar-refractivity contribution < 1.29 is 17.7 Å². The van der Waals surface area contributed by atoms with Gasteiger partial charge >= 0.3 is 0 Å². The lowest BCUT2D eigenvalue weighted by atomic mass is 9.74. The van der Waals surface area contributed by atoms with E-state index in [-0.39, 0.29) is 10.3 Å². The third kappa shape index (κ3) is 2.14. The Morgan fingerprint density at radius 2 is 1.88 bits per heavy atom. The van der Waals surface area contributed by atoms with Crippen LogP contribution in [-0.2, 0) is 22.0 Å². The van der Waals surface area contributed by atoms with E-state index in [0.717, 1.165) is 17.7 Å². The van der Waals surface area contributed by atoms with Crippen molar-refractivity contribution in [2.24, 2.45) is 0 Å². The standard InChI is InChI=1S/C19H21NO4S/c1-18(2)15-6-4-5-7-16(15)20(3)19(18)11-10-13-12-14(25(21,22)23)8-9-17(13)24-19/h4-9,12H,10-11H2,1-3H3,(H,21,22,23). The maximum Gasteiger partial charge on any atom is 0.294 e. The van der Waals surface area contributed by atoms with Gasteiger partial charge < -0.3 is 9.64 Å². The summed E-state index contributed by atoms with van der Waals surface area (Å²) in [4.78, 5) is 2.11. The summed E-state index contributed by atoms with van der Waals surface area (Å²) < 4.78 is 38.5. The molecule has 0 aliphatic carbocycles. The summed E-state index contributed by atoms with van der Waals surface area (Å²) in [5.74, 6) is 0.673. The molecule has 2 aliphatic heterocycles. The number of para-hydroxylation sites is 1. The second-order valence-corrected chi connectivity index (χ2v) is 8.75. The Morgan fingerprint density at radius 1 is 1.16 bits per heavy atom. The van der Waals surface area contributed by atoms with E-state index in [2.05, 4.69) is 30.9 Å². The molecule has 2 aromatic carbocycles. The molecular formula is C19H21NO4S. The van der Waals surface area contributed by atoms with Crippen LogP contribution in [-0.4, -0.2) is 25.7 Å². The highest BCUT2D eigenvalue weighted by atomic mass is 32.2. The number of nitrogens with zero attached hydrogens (tertiary/aromatic N) is 1. The monoisotopic (exact) mass is 359 g/mol. The zero-order chi connectivity index (χ0) is 18.0. The Balaban J connectivity index is 1.80. The first-order valence-electron chi connectivity index (χ1n) is 8.30. The molecule has 1 N–H and O–H groups in total.